The second-order valence-electron chi connectivity index (χ2n) is 4.56. The monoisotopic (exact) mass is 200 g/mol. The molecule has 0 saturated carbocycles. The summed E-state index contributed by atoms with van der Waals surface area (Å²) < 4.78 is 0. The minimum absolute atomic E-state index is 0.115. The van der Waals surface area contributed by atoms with Crippen LogP contribution in [0.3, 0.4) is 0 Å². The minimum Gasteiger partial charge on any atom is -0.393 e. The normalized spacial score (nSPS) is 15.4. The van der Waals surface area contributed by atoms with Gasteiger partial charge in [-0.1, -0.05) is 58.8 Å². The van der Waals surface area contributed by atoms with Gasteiger partial charge in [0.05, 0.1) is 6.10 Å². The van der Waals surface area contributed by atoms with Crippen molar-refractivity contribution in [3.05, 3.63) is 0 Å². The Kier molecular flexibility index (Phi) is 9.49. The van der Waals surface area contributed by atoms with E-state index in [9.17, 15) is 5.11 Å². The van der Waals surface area contributed by atoms with Crippen LogP contribution in [0.5, 0.6) is 0 Å². The van der Waals surface area contributed by atoms with E-state index in [1.807, 2.05) is 6.92 Å². The molecule has 0 fully saturated rings. The fourth-order valence-electron chi connectivity index (χ4n) is 2.01. The molecule has 0 aromatic carbocycles. The van der Waals surface area contributed by atoms with E-state index < -0.39 is 0 Å². The second-order valence-corrected chi connectivity index (χ2v) is 4.56. The van der Waals surface area contributed by atoms with E-state index in [4.69, 9.17) is 0 Å². The molecule has 0 aromatic heterocycles. The molecule has 0 aliphatic rings. The van der Waals surface area contributed by atoms with Crippen LogP contribution in [0.15, 0.2) is 0 Å². The third-order valence-corrected chi connectivity index (χ3v) is 2.97. The second kappa shape index (κ2) is 9.51. The SMILES string of the molecule is CCCCCCCC(CC)CC(C)O. The van der Waals surface area contributed by atoms with E-state index in [0.717, 1.165) is 12.3 Å². The molecule has 0 amide bonds. The number of hydrogen-bond acceptors (Lipinski definition) is 1. The van der Waals surface area contributed by atoms with E-state index >= 15 is 0 Å². The van der Waals surface area contributed by atoms with Gasteiger partial charge in [0.25, 0.3) is 0 Å². The Morgan fingerprint density at radius 1 is 1.00 bits per heavy atom. The van der Waals surface area contributed by atoms with Gasteiger partial charge in [0, 0.05) is 0 Å². The van der Waals surface area contributed by atoms with E-state index in [1.54, 1.807) is 0 Å². The highest BCUT2D eigenvalue weighted by Crippen LogP contribution is 2.19. The fraction of sp³-hybridized carbons (Fsp3) is 1.00. The van der Waals surface area contributed by atoms with Crippen LogP contribution in [0, 0.1) is 5.92 Å². The van der Waals surface area contributed by atoms with E-state index in [1.165, 1.54) is 44.9 Å². The lowest BCUT2D eigenvalue weighted by molar-refractivity contribution is 0.155. The summed E-state index contributed by atoms with van der Waals surface area (Å²) >= 11 is 0. The lowest BCUT2D eigenvalue weighted by Crippen LogP contribution is -2.09. The number of aliphatic hydroxyl groups is 1. The minimum atomic E-state index is -0.115. The molecule has 2 atom stereocenters. The zero-order valence-corrected chi connectivity index (χ0v) is 10.3. The molecule has 0 bridgehead atoms. The van der Waals surface area contributed by atoms with Crippen LogP contribution in [0.2, 0.25) is 0 Å². The Balaban J connectivity index is 3.33. The predicted octanol–water partition coefficient (Wildman–Crippen LogP) is 4.14. The van der Waals surface area contributed by atoms with Gasteiger partial charge in [-0.2, -0.15) is 0 Å². The van der Waals surface area contributed by atoms with Crippen LogP contribution in [0.25, 0.3) is 0 Å². The van der Waals surface area contributed by atoms with Gasteiger partial charge >= 0.3 is 0 Å². The van der Waals surface area contributed by atoms with Gasteiger partial charge in [0.1, 0.15) is 0 Å². The first-order chi connectivity index (χ1) is 6.70. The van der Waals surface area contributed by atoms with Crippen LogP contribution in [0.1, 0.15) is 72.1 Å². The van der Waals surface area contributed by atoms with Crippen molar-refractivity contribution in [1.82, 2.24) is 0 Å². The Labute approximate surface area is 89.9 Å². The molecule has 14 heavy (non-hydrogen) atoms. The number of aliphatic hydroxyl groups excluding tert-OH is 1. The predicted molar refractivity (Wildman–Crippen MR) is 63.5 cm³/mol. The summed E-state index contributed by atoms with van der Waals surface area (Å²) in [6, 6.07) is 0. The van der Waals surface area contributed by atoms with Gasteiger partial charge in [-0.15, -0.1) is 0 Å². The first-order valence-corrected chi connectivity index (χ1v) is 6.38. The summed E-state index contributed by atoms with van der Waals surface area (Å²) in [5.74, 6) is 0.747. The summed E-state index contributed by atoms with van der Waals surface area (Å²) in [6.07, 6.45) is 10.2. The van der Waals surface area contributed by atoms with Crippen molar-refractivity contribution >= 4 is 0 Å². The highest BCUT2D eigenvalue weighted by Gasteiger charge is 2.08. The van der Waals surface area contributed by atoms with Crippen molar-refractivity contribution in [1.29, 1.82) is 0 Å². The summed E-state index contributed by atoms with van der Waals surface area (Å²) in [4.78, 5) is 0. The highest BCUT2D eigenvalue weighted by atomic mass is 16.3. The maximum Gasteiger partial charge on any atom is 0.0514 e. The standard InChI is InChI=1S/C13H28O/c1-4-6-7-8-9-10-13(5-2)11-12(3)14/h12-14H,4-11H2,1-3H3. The first-order valence-electron chi connectivity index (χ1n) is 6.38. The van der Waals surface area contributed by atoms with Crippen molar-refractivity contribution in [2.24, 2.45) is 5.92 Å². The van der Waals surface area contributed by atoms with E-state index in [2.05, 4.69) is 13.8 Å². The smallest absolute Gasteiger partial charge is 0.0514 e. The molecular formula is C13H28O. The third kappa shape index (κ3) is 8.55. The number of unbranched alkanes of at least 4 members (excludes halogenated alkanes) is 4. The van der Waals surface area contributed by atoms with Crippen molar-refractivity contribution in [2.45, 2.75) is 78.2 Å². The van der Waals surface area contributed by atoms with Crippen LogP contribution in [-0.2, 0) is 0 Å². The lowest BCUT2D eigenvalue weighted by Gasteiger charge is -2.16. The van der Waals surface area contributed by atoms with Crippen LogP contribution >= 0.6 is 0 Å². The average molecular weight is 200 g/mol. The maximum absolute atomic E-state index is 9.29. The number of hydrogen-bond donors (Lipinski definition) is 1. The molecule has 86 valence electrons. The van der Waals surface area contributed by atoms with Gasteiger partial charge in [-0.05, 0) is 19.3 Å². The molecule has 0 aromatic rings. The molecular weight excluding hydrogens is 172 g/mol. The molecule has 0 radical (unpaired) electrons. The zero-order valence-electron chi connectivity index (χ0n) is 10.3. The Morgan fingerprint density at radius 2 is 1.64 bits per heavy atom. The molecule has 1 heteroatoms. The fourth-order valence-corrected chi connectivity index (χ4v) is 2.01. The summed E-state index contributed by atoms with van der Waals surface area (Å²) in [6.45, 7) is 6.39. The van der Waals surface area contributed by atoms with Crippen LogP contribution in [0.4, 0.5) is 0 Å². The zero-order chi connectivity index (χ0) is 10.8. The summed E-state index contributed by atoms with van der Waals surface area (Å²) in [7, 11) is 0. The molecule has 0 spiro atoms. The molecule has 0 heterocycles. The van der Waals surface area contributed by atoms with Crippen molar-refractivity contribution in [2.75, 3.05) is 0 Å². The Morgan fingerprint density at radius 3 is 2.14 bits per heavy atom. The van der Waals surface area contributed by atoms with Gasteiger partial charge in [-0.25, -0.2) is 0 Å². The highest BCUT2D eigenvalue weighted by molar-refractivity contribution is 4.61. The largest absolute Gasteiger partial charge is 0.393 e. The molecule has 0 aliphatic heterocycles. The molecule has 0 aliphatic carbocycles. The van der Waals surface area contributed by atoms with Crippen LogP contribution < -0.4 is 0 Å². The molecule has 0 saturated heterocycles. The van der Waals surface area contributed by atoms with E-state index in [-0.39, 0.29) is 6.10 Å². The average Bonchev–Trinajstić information content (AvgIpc) is 2.15. The third-order valence-electron chi connectivity index (χ3n) is 2.97. The number of rotatable bonds is 9. The van der Waals surface area contributed by atoms with Gasteiger partial charge in [-0.3, -0.25) is 0 Å². The van der Waals surface area contributed by atoms with Gasteiger partial charge in [0.15, 0.2) is 0 Å². The van der Waals surface area contributed by atoms with E-state index in [0.29, 0.717) is 0 Å². The molecule has 2 unspecified atom stereocenters. The van der Waals surface area contributed by atoms with Gasteiger partial charge in [0.2, 0.25) is 0 Å². The first kappa shape index (κ1) is 14.0. The lowest BCUT2D eigenvalue weighted by atomic mass is 9.93. The molecule has 1 N–H and O–H groups in total. The summed E-state index contributed by atoms with van der Waals surface area (Å²) in [5, 5.41) is 9.29. The summed E-state index contributed by atoms with van der Waals surface area (Å²) in [5.41, 5.74) is 0. The molecule has 1 nitrogen and oxygen atoms in total. The Bertz CT molecular complexity index is 110. The van der Waals surface area contributed by atoms with Crippen molar-refractivity contribution < 1.29 is 5.11 Å². The Hall–Kier alpha value is -0.0400. The molecule has 0 rings (SSSR count). The van der Waals surface area contributed by atoms with Crippen LogP contribution in [-0.4, -0.2) is 11.2 Å². The van der Waals surface area contributed by atoms with Gasteiger partial charge < -0.3 is 5.11 Å². The topological polar surface area (TPSA) is 20.2 Å². The van der Waals surface area contributed by atoms with Crippen molar-refractivity contribution in [3.63, 3.8) is 0 Å². The maximum atomic E-state index is 9.29. The van der Waals surface area contributed by atoms with Crippen molar-refractivity contribution in [3.8, 4) is 0 Å². The quantitative estimate of drug-likeness (QED) is 0.554.